The van der Waals surface area contributed by atoms with Crippen LogP contribution in [0.25, 0.3) is 0 Å². The van der Waals surface area contributed by atoms with Crippen LogP contribution in [0.2, 0.25) is 0 Å². The van der Waals surface area contributed by atoms with Crippen LogP contribution in [-0.2, 0) is 22.0 Å². The number of sulfonamides is 1. The lowest BCUT2D eigenvalue weighted by atomic mass is 9.87. The number of pyridine rings is 1. The Hall–Kier alpha value is -3.34. The molecule has 4 rings (SSSR count). The van der Waals surface area contributed by atoms with E-state index in [1.165, 1.54) is 16.4 Å². The van der Waals surface area contributed by atoms with Crippen molar-refractivity contribution in [2.45, 2.75) is 43.8 Å². The van der Waals surface area contributed by atoms with Crippen molar-refractivity contribution in [3.63, 3.8) is 0 Å². The predicted octanol–water partition coefficient (Wildman–Crippen LogP) is 3.91. The molecule has 2 aromatic carbocycles. The number of nitrogens with zero attached hydrogens (tertiary/aromatic N) is 4. The van der Waals surface area contributed by atoms with Gasteiger partial charge >= 0.3 is 0 Å². The van der Waals surface area contributed by atoms with Crippen molar-refractivity contribution in [3.05, 3.63) is 94.3 Å². The SMILES string of the molecule is CC(C)(C)c1ccc(S(=O)(=O)N2CCN(c3ccc([N+](=O)[O-])cc3)C(NCc3cccnc3)C2)cc1. The number of hydrogen-bond acceptors (Lipinski definition) is 7. The van der Waals surface area contributed by atoms with Crippen molar-refractivity contribution < 1.29 is 13.3 Å². The third-order valence-electron chi connectivity index (χ3n) is 6.36. The molecule has 0 amide bonds. The minimum Gasteiger partial charge on any atom is -0.353 e. The van der Waals surface area contributed by atoms with E-state index in [9.17, 15) is 18.5 Å². The van der Waals surface area contributed by atoms with Crippen LogP contribution in [0, 0.1) is 10.1 Å². The number of benzene rings is 2. The maximum atomic E-state index is 13.5. The number of piperazine rings is 1. The van der Waals surface area contributed by atoms with Crippen molar-refractivity contribution in [1.82, 2.24) is 14.6 Å². The number of nitrogens with one attached hydrogen (secondary N) is 1. The number of nitro benzene ring substituents is 1. The van der Waals surface area contributed by atoms with E-state index in [0.29, 0.717) is 19.6 Å². The van der Waals surface area contributed by atoms with Crippen molar-refractivity contribution in [3.8, 4) is 0 Å². The summed E-state index contributed by atoms with van der Waals surface area (Å²) < 4.78 is 28.6. The molecule has 10 heteroatoms. The number of anilines is 1. The van der Waals surface area contributed by atoms with E-state index in [2.05, 4.69) is 36.0 Å². The molecule has 1 N–H and O–H groups in total. The Labute approximate surface area is 212 Å². The van der Waals surface area contributed by atoms with Gasteiger partial charge in [0.05, 0.1) is 16.0 Å². The average Bonchev–Trinajstić information content (AvgIpc) is 2.87. The van der Waals surface area contributed by atoms with Gasteiger partial charge in [0.25, 0.3) is 5.69 Å². The highest BCUT2D eigenvalue weighted by Crippen LogP contribution is 2.28. The molecule has 0 spiro atoms. The molecule has 1 atom stereocenters. The maximum absolute atomic E-state index is 13.5. The van der Waals surface area contributed by atoms with E-state index in [0.717, 1.165) is 16.8 Å². The van der Waals surface area contributed by atoms with E-state index in [1.54, 1.807) is 36.7 Å². The molecule has 1 unspecified atom stereocenters. The zero-order valence-electron chi connectivity index (χ0n) is 20.7. The Kier molecular flexibility index (Phi) is 7.39. The normalized spacial score (nSPS) is 17.2. The minimum absolute atomic E-state index is 0.0125. The lowest BCUT2D eigenvalue weighted by Crippen LogP contribution is -2.60. The fourth-order valence-corrected chi connectivity index (χ4v) is 5.68. The average molecular weight is 510 g/mol. The number of aromatic nitrogens is 1. The van der Waals surface area contributed by atoms with Crippen LogP contribution in [0.1, 0.15) is 31.9 Å². The molecule has 9 nitrogen and oxygen atoms in total. The summed E-state index contributed by atoms with van der Waals surface area (Å²) in [6.07, 6.45) is 3.12. The van der Waals surface area contributed by atoms with Crippen LogP contribution < -0.4 is 10.2 Å². The van der Waals surface area contributed by atoms with Gasteiger partial charge < -0.3 is 4.90 Å². The first-order valence-electron chi connectivity index (χ1n) is 11.8. The second-order valence-corrected chi connectivity index (χ2v) is 11.8. The fraction of sp³-hybridized carbons (Fsp3) is 0.346. The third-order valence-corrected chi connectivity index (χ3v) is 8.24. The van der Waals surface area contributed by atoms with Crippen LogP contribution in [0.15, 0.2) is 78.0 Å². The van der Waals surface area contributed by atoms with E-state index in [4.69, 9.17) is 0 Å². The number of non-ortho nitro benzene ring substituents is 1. The van der Waals surface area contributed by atoms with Gasteiger partial charge in [-0.15, -0.1) is 0 Å². The van der Waals surface area contributed by atoms with Gasteiger partial charge in [-0.3, -0.25) is 20.4 Å². The van der Waals surface area contributed by atoms with E-state index < -0.39 is 14.9 Å². The maximum Gasteiger partial charge on any atom is 0.269 e. The summed E-state index contributed by atoms with van der Waals surface area (Å²) in [6, 6.07) is 17.2. The van der Waals surface area contributed by atoms with Gasteiger partial charge in [0.2, 0.25) is 10.0 Å². The van der Waals surface area contributed by atoms with Crippen molar-refractivity contribution in [1.29, 1.82) is 0 Å². The molecule has 1 aliphatic rings. The third kappa shape index (κ3) is 5.72. The van der Waals surface area contributed by atoms with Gasteiger partial charge in [0, 0.05) is 56.4 Å². The summed E-state index contributed by atoms with van der Waals surface area (Å²) >= 11 is 0. The standard InChI is InChI=1S/C26H31N5O4S/c1-26(2,3)21-6-12-24(13-7-21)36(34,35)29-15-16-30(22-8-10-23(11-9-22)31(32)33)25(19-29)28-18-20-5-4-14-27-17-20/h4-14,17,25,28H,15-16,18-19H2,1-3H3. The number of rotatable bonds is 7. The Bertz CT molecular complexity index is 1290. The van der Waals surface area contributed by atoms with Gasteiger partial charge in [-0.2, -0.15) is 4.31 Å². The summed E-state index contributed by atoms with van der Waals surface area (Å²) in [6.45, 7) is 7.72. The molecule has 1 aromatic heterocycles. The molecule has 0 aliphatic carbocycles. The Balaban J connectivity index is 1.58. The summed E-state index contributed by atoms with van der Waals surface area (Å²) in [5.74, 6) is 0. The smallest absolute Gasteiger partial charge is 0.269 e. The molecule has 1 fully saturated rings. The second kappa shape index (κ2) is 10.3. The Morgan fingerprint density at radius 2 is 1.75 bits per heavy atom. The molecule has 0 saturated carbocycles. The number of nitro groups is 1. The minimum atomic E-state index is -3.70. The summed E-state index contributed by atoms with van der Waals surface area (Å²) in [4.78, 5) is 17.1. The van der Waals surface area contributed by atoms with E-state index in [1.807, 2.05) is 24.3 Å². The molecule has 2 heterocycles. The molecule has 190 valence electrons. The molecule has 1 saturated heterocycles. The van der Waals surface area contributed by atoms with Crippen LogP contribution in [0.4, 0.5) is 11.4 Å². The quantitative estimate of drug-likeness (QED) is 0.380. The van der Waals surface area contributed by atoms with Gasteiger partial charge in [0.1, 0.15) is 0 Å². The van der Waals surface area contributed by atoms with Crippen LogP contribution >= 0.6 is 0 Å². The number of hydrogen-bond donors (Lipinski definition) is 1. The molecular weight excluding hydrogens is 478 g/mol. The molecule has 3 aromatic rings. The Morgan fingerprint density at radius 1 is 1.06 bits per heavy atom. The van der Waals surface area contributed by atoms with Crippen LogP contribution in [0.3, 0.4) is 0 Å². The molecule has 36 heavy (non-hydrogen) atoms. The molecular formula is C26H31N5O4S. The monoisotopic (exact) mass is 509 g/mol. The van der Waals surface area contributed by atoms with E-state index >= 15 is 0 Å². The predicted molar refractivity (Wildman–Crippen MR) is 139 cm³/mol. The van der Waals surface area contributed by atoms with Gasteiger partial charge in [-0.25, -0.2) is 8.42 Å². The van der Waals surface area contributed by atoms with Crippen molar-refractivity contribution in [2.75, 3.05) is 24.5 Å². The first kappa shape index (κ1) is 25.7. The highest BCUT2D eigenvalue weighted by Gasteiger charge is 2.34. The van der Waals surface area contributed by atoms with Crippen molar-refractivity contribution in [2.24, 2.45) is 0 Å². The second-order valence-electron chi connectivity index (χ2n) is 9.86. The van der Waals surface area contributed by atoms with E-state index in [-0.39, 0.29) is 28.7 Å². The van der Waals surface area contributed by atoms with Crippen LogP contribution in [0.5, 0.6) is 0 Å². The lowest BCUT2D eigenvalue weighted by molar-refractivity contribution is -0.384. The largest absolute Gasteiger partial charge is 0.353 e. The highest BCUT2D eigenvalue weighted by molar-refractivity contribution is 7.89. The molecule has 1 aliphatic heterocycles. The zero-order valence-corrected chi connectivity index (χ0v) is 21.5. The molecule has 0 radical (unpaired) electrons. The highest BCUT2D eigenvalue weighted by atomic mass is 32.2. The summed E-state index contributed by atoms with van der Waals surface area (Å²) in [5, 5.41) is 14.5. The zero-order chi connectivity index (χ0) is 25.9. The topological polar surface area (TPSA) is 109 Å². The van der Waals surface area contributed by atoms with Gasteiger partial charge in [-0.1, -0.05) is 39.0 Å². The van der Waals surface area contributed by atoms with Gasteiger partial charge in [0.15, 0.2) is 0 Å². The van der Waals surface area contributed by atoms with Crippen LogP contribution in [-0.4, -0.2) is 48.4 Å². The molecule has 0 bridgehead atoms. The first-order valence-corrected chi connectivity index (χ1v) is 13.2. The Morgan fingerprint density at radius 3 is 2.33 bits per heavy atom. The van der Waals surface area contributed by atoms with Gasteiger partial charge in [-0.05, 0) is 46.9 Å². The summed E-state index contributed by atoms with van der Waals surface area (Å²) in [7, 11) is -3.70. The van der Waals surface area contributed by atoms with Crippen molar-refractivity contribution >= 4 is 21.4 Å². The lowest BCUT2D eigenvalue weighted by Gasteiger charge is -2.42. The summed E-state index contributed by atoms with van der Waals surface area (Å²) in [5.41, 5.74) is 2.77. The fourth-order valence-electron chi connectivity index (χ4n) is 4.24. The first-order chi connectivity index (χ1) is 17.1.